The molecule has 1 aromatic rings. The quantitative estimate of drug-likeness (QED) is 0.760. The third-order valence-electron chi connectivity index (χ3n) is 2.32. The molecule has 1 heterocycles. The molecule has 0 radical (unpaired) electrons. The fourth-order valence-corrected chi connectivity index (χ4v) is 1.51. The predicted octanol–water partition coefficient (Wildman–Crippen LogP) is 2.33. The smallest absolute Gasteiger partial charge is 0.200 e. The third-order valence-corrected chi connectivity index (χ3v) is 2.32. The lowest BCUT2D eigenvalue weighted by Gasteiger charge is -2.05. The Morgan fingerprint density at radius 1 is 1.31 bits per heavy atom. The summed E-state index contributed by atoms with van der Waals surface area (Å²) in [5.41, 5.74) is 0. The summed E-state index contributed by atoms with van der Waals surface area (Å²) in [6, 6.07) is 9.47. The molecular formula is C13H14O3. The van der Waals surface area contributed by atoms with Gasteiger partial charge in [-0.3, -0.25) is 4.79 Å². The zero-order chi connectivity index (χ0) is 11.2. The summed E-state index contributed by atoms with van der Waals surface area (Å²) < 4.78 is 10.6. The molecule has 0 aliphatic carbocycles. The van der Waals surface area contributed by atoms with E-state index in [0.717, 1.165) is 12.2 Å². The highest BCUT2D eigenvalue weighted by atomic mass is 16.5. The maximum atomic E-state index is 11.6. The molecule has 0 fully saturated rings. The van der Waals surface area contributed by atoms with E-state index >= 15 is 0 Å². The van der Waals surface area contributed by atoms with Crippen LogP contribution in [0.2, 0.25) is 0 Å². The van der Waals surface area contributed by atoms with Crippen molar-refractivity contribution in [1.82, 2.24) is 0 Å². The van der Waals surface area contributed by atoms with Crippen LogP contribution in [0, 0.1) is 0 Å². The molecule has 84 valence electrons. The van der Waals surface area contributed by atoms with Crippen LogP contribution < -0.4 is 4.74 Å². The van der Waals surface area contributed by atoms with E-state index in [2.05, 4.69) is 0 Å². The van der Waals surface area contributed by atoms with Crippen LogP contribution in [0.5, 0.6) is 5.75 Å². The van der Waals surface area contributed by atoms with Gasteiger partial charge in [-0.2, -0.15) is 0 Å². The number of ketones is 1. The molecule has 0 saturated heterocycles. The number of allylic oxidation sites excluding steroid dienone is 1. The van der Waals surface area contributed by atoms with Gasteiger partial charge in [-0.05, 0) is 18.2 Å². The van der Waals surface area contributed by atoms with Crippen molar-refractivity contribution >= 4 is 5.78 Å². The minimum Gasteiger partial charge on any atom is -0.493 e. The van der Waals surface area contributed by atoms with Crippen molar-refractivity contribution in [2.45, 2.75) is 12.8 Å². The van der Waals surface area contributed by atoms with Crippen molar-refractivity contribution in [3.05, 3.63) is 42.2 Å². The van der Waals surface area contributed by atoms with E-state index in [1.165, 1.54) is 0 Å². The summed E-state index contributed by atoms with van der Waals surface area (Å²) in [5.74, 6) is 1.31. The first-order valence-corrected chi connectivity index (χ1v) is 5.40. The second-order valence-corrected chi connectivity index (χ2v) is 3.54. The molecule has 0 N–H and O–H groups in total. The highest BCUT2D eigenvalue weighted by molar-refractivity contribution is 5.93. The second-order valence-electron chi connectivity index (χ2n) is 3.54. The van der Waals surface area contributed by atoms with Gasteiger partial charge in [0, 0.05) is 12.8 Å². The number of hydrogen-bond donors (Lipinski definition) is 0. The summed E-state index contributed by atoms with van der Waals surface area (Å²) in [4.78, 5) is 11.6. The van der Waals surface area contributed by atoms with Crippen molar-refractivity contribution in [2.75, 3.05) is 13.2 Å². The molecule has 16 heavy (non-hydrogen) atoms. The fraction of sp³-hybridized carbons (Fsp3) is 0.308. The van der Waals surface area contributed by atoms with Gasteiger partial charge in [0.25, 0.3) is 0 Å². The van der Waals surface area contributed by atoms with Crippen LogP contribution in [-0.4, -0.2) is 19.0 Å². The highest BCUT2D eigenvalue weighted by Crippen LogP contribution is 2.13. The van der Waals surface area contributed by atoms with Crippen molar-refractivity contribution in [3.63, 3.8) is 0 Å². The average Bonchev–Trinajstić information content (AvgIpc) is 2.84. The molecule has 0 spiro atoms. The van der Waals surface area contributed by atoms with E-state index in [4.69, 9.17) is 9.47 Å². The molecule has 1 aliphatic heterocycles. The Labute approximate surface area is 94.7 Å². The molecule has 2 rings (SSSR count). The van der Waals surface area contributed by atoms with Gasteiger partial charge in [-0.15, -0.1) is 0 Å². The Morgan fingerprint density at radius 2 is 2.12 bits per heavy atom. The lowest BCUT2D eigenvalue weighted by atomic mass is 10.2. The molecule has 0 saturated carbocycles. The van der Waals surface area contributed by atoms with Gasteiger partial charge in [0.05, 0.1) is 13.2 Å². The van der Waals surface area contributed by atoms with Crippen LogP contribution in [0.3, 0.4) is 0 Å². The lowest BCUT2D eigenvalue weighted by molar-refractivity contribution is -0.119. The first-order chi connectivity index (χ1) is 7.86. The van der Waals surface area contributed by atoms with Crippen LogP contribution in [0.15, 0.2) is 42.2 Å². The van der Waals surface area contributed by atoms with Crippen LogP contribution >= 0.6 is 0 Å². The summed E-state index contributed by atoms with van der Waals surface area (Å²) in [5, 5.41) is 0. The van der Waals surface area contributed by atoms with Gasteiger partial charge >= 0.3 is 0 Å². The number of carbonyl (C=O) groups is 1. The Hall–Kier alpha value is -1.77. The summed E-state index contributed by atoms with van der Waals surface area (Å²) in [7, 11) is 0. The standard InChI is InChI=1S/C13H14O3/c14-12(13-7-4-9-16-13)8-10-15-11-5-2-1-3-6-11/h1-3,5-7H,4,8-10H2. The minimum atomic E-state index is 0.0217. The van der Waals surface area contributed by atoms with Gasteiger partial charge < -0.3 is 9.47 Å². The van der Waals surface area contributed by atoms with Gasteiger partial charge in [-0.25, -0.2) is 0 Å². The predicted molar refractivity (Wildman–Crippen MR) is 60.2 cm³/mol. The number of benzene rings is 1. The zero-order valence-electron chi connectivity index (χ0n) is 9.02. The van der Waals surface area contributed by atoms with Crippen LogP contribution in [0.4, 0.5) is 0 Å². The third kappa shape index (κ3) is 2.86. The number of rotatable bonds is 5. The summed E-state index contributed by atoms with van der Waals surface area (Å²) in [6.45, 7) is 1.02. The molecule has 3 heteroatoms. The Balaban J connectivity index is 1.74. The highest BCUT2D eigenvalue weighted by Gasteiger charge is 2.14. The van der Waals surface area contributed by atoms with Crippen LogP contribution in [0.1, 0.15) is 12.8 Å². The molecule has 0 atom stereocenters. The molecule has 1 aromatic carbocycles. The Kier molecular flexibility index (Phi) is 3.59. The van der Waals surface area contributed by atoms with Gasteiger partial charge in [-0.1, -0.05) is 18.2 Å². The van der Waals surface area contributed by atoms with Crippen LogP contribution in [0.25, 0.3) is 0 Å². The van der Waals surface area contributed by atoms with E-state index in [1.54, 1.807) is 0 Å². The molecule has 0 unspecified atom stereocenters. The molecule has 0 bridgehead atoms. The van der Waals surface area contributed by atoms with E-state index < -0.39 is 0 Å². The zero-order valence-corrected chi connectivity index (χ0v) is 9.02. The van der Waals surface area contributed by atoms with E-state index in [-0.39, 0.29) is 5.78 Å². The molecular weight excluding hydrogens is 204 g/mol. The van der Waals surface area contributed by atoms with Gasteiger partial charge in [0.1, 0.15) is 5.75 Å². The van der Waals surface area contributed by atoms with Crippen molar-refractivity contribution < 1.29 is 14.3 Å². The molecule has 0 aromatic heterocycles. The lowest BCUT2D eigenvalue weighted by Crippen LogP contribution is -2.09. The van der Waals surface area contributed by atoms with Crippen molar-refractivity contribution in [2.24, 2.45) is 0 Å². The minimum absolute atomic E-state index is 0.0217. The average molecular weight is 218 g/mol. The molecule has 0 amide bonds. The number of hydrogen-bond acceptors (Lipinski definition) is 3. The number of ether oxygens (including phenoxy) is 2. The summed E-state index contributed by atoms with van der Waals surface area (Å²) in [6.07, 6.45) is 3.03. The first kappa shape index (κ1) is 10.7. The Morgan fingerprint density at radius 3 is 2.81 bits per heavy atom. The van der Waals surface area contributed by atoms with Crippen molar-refractivity contribution in [1.29, 1.82) is 0 Å². The maximum Gasteiger partial charge on any atom is 0.200 e. The van der Waals surface area contributed by atoms with Gasteiger partial charge in [0.2, 0.25) is 0 Å². The second kappa shape index (κ2) is 5.35. The normalized spacial score (nSPS) is 14.1. The Bertz CT molecular complexity index is 381. The van der Waals surface area contributed by atoms with E-state index in [1.807, 2.05) is 36.4 Å². The van der Waals surface area contributed by atoms with Crippen molar-refractivity contribution in [3.8, 4) is 5.75 Å². The first-order valence-electron chi connectivity index (χ1n) is 5.40. The molecule has 3 nitrogen and oxygen atoms in total. The van der Waals surface area contributed by atoms with Crippen LogP contribution in [-0.2, 0) is 9.53 Å². The fourth-order valence-electron chi connectivity index (χ4n) is 1.51. The number of para-hydroxylation sites is 1. The summed E-state index contributed by atoms with van der Waals surface area (Å²) >= 11 is 0. The van der Waals surface area contributed by atoms with E-state index in [0.29, 0.717) is 25.4 Å². The largest absolute Gasteiger partial charge is 0.493 e. The number of Topliss-reactive ketones (excluding diaryl/α,β-unsaturated/α-hetero) is 1. The topological polar surface area (TPSA) is 35.5 Å². The van der Waals surface area contributed by atoms with Gasteiger partial charge in [0.15, 0.2) is 11.5 Å². The molecule has 1 aliphatic rings. The van der Waals surface area contributed by atoms with E-state index in [9.17, 15) is 4.79 Å². The monoisotopic (exact) mass is 218 g/mol. The SMILES string of the molecule is O=C(CCOc1ccccc1)C1=CCCO1. The maximum absolute atomic E-state index is 11.6. The number of carbonyl (C=O) groups excluding carboxylic acids is 1.